The monoisotopic (exact) mass is 477 g/mol. The largest absolute Gasteiger partial charge is 0.390 e. The number of imidazole rings is 1. The topological polar surface area (TPSA) is 142 Å². The summed E-state index contributed by atoms with van der Waals surface area (Å²) in [5.74, 6) is 0.0726. The predicted molar refractivity (Wildman–Crippen MR) is 131 cm³/mol. The smallest absolute Gasteiger partial charge is 0.269 e. The number of thiophene rings is 1. The molecule has 174 valence electrons. The maximum absolute atomic E-state index is 13.1. The van der Waals surface area contributed by atoms with Crippen LogP contribution >= 0.6 is 11.3 Å². The van der Waals surface area contributed by atoms with Crippen molar-refractivity contribution in [3.63, 3.8) is 0 Å². The number of hydrogen-bond acceptors (Lipinski definition) is 7. The van der Waals surface area contributed by atoms with Gasteiger partial charge in [0.25, 0.3) is 11.5 Å². The number of anilines is 1. The molecule has 0 spiro atoms. The molecule has 0 aliphatic heterocycles. The molecule has 5 rings (SSSR count). The fourth-order valence-corrected chi connectivity index (χ4v) is 4.55. The zero-order valence-electron chi connectivity index (χ0n) is 18.8. The number of nitrogens with one attached hydrogen (secondary N) is 3. The van der Waals surface area contributed by atoms with Crippen LogP contribution in [0.5, 0.6) is 0 Å². The molecule has 0 aliphatic rings. The van der Waals surface area contributed by atoms with Gasteiger partial charge in [0.2, 0.25) is 5.95 Å². The number of benzene rings is 1. The first-order valence-corrected chi connectivity index (χ1v) is 11.5. The zero-order chi connectivity index (χ0) is 24.0. The van der Waals surface area contributed by atoms with Gasteiger partial charge in [0.15, 0.2) is 0 Å². The summed E-state index contributed by atoms with van der Waals surface area (Å²) >= 11 is 1.35. The second-order valence-corrected chi connectivity index (χ2v) is 9.85. The fourth-order valence-electron chi connectivity index (χ4n) is 3.67. The van der Waals surface area contributed by atoms with Crippen molar-refractivity contribution in [2.75, 3.05) is 5.32 Å². The van der Waals surface area contributed by atoms with Crippen LogP contribution in [0.15, 0.2) is 41.5 Å². The molecule has 0 bridgehead atoms. The third-order valence-corrected chi connectivity index (χ3v) is 6.65. The molecule has 4 aromatic heterocycles. The number of rotatable bonds is 6. The van der Waals surface area contributed by atoms with Crippen molar-refractivity contribution in [2.24, 2.45) is 0 Å². The van der Waals surface area contributed by atoms with Gasteiger partial charge >= 0.3 is 0 Å². The van der Waals surface area contributed by atoms with E-state index in [0.29, 0.717) is 46.0 Å². The summed E-state index contributed by atoms with van der Waals surface area (Å²) in [6.45, 7) is 5.55. The molecule has 4 N–H and O–H groups in total. The lowest BCUT2D eigenvalue weighted by atomic mass is 10.1. The quantitative estimate of drug-likeness (QED) is 0.295. The minimum Gasteiger partial charge on any atom is -0.390 e. The van der Waals surface area contributed by atoms with Crippen LogP contribution in [0.1, 0.15) is 35.6 Å². The minimum absolute atomic E-state index is 0.257. The van der Waals surface area contributed by atoms with Crippen LogP contribution in [0.25, 0.3) is 32.5 Å². The number of H-pyrrole nitrogens is 2. The lowest BCUT2D eigenvalue weighted by molar-refractivity contribution is 0.0667. The highest BCUT2D eigenvalue weighted by Crippen LogP contribution is 2.29. The Kier molecular flexibility index (Phi) is 5.29. The van der Waals surface area contributed by atoms with Crippen LogP contribution in [0, 0.1) is 6.92 Å². The van der Waals surface area contributed by atoms with Gasteiger partial charge in [0.1, 0.15) is 5.69 Å². The van der Waals surface area contributed by atoms with E-state index in [9.17, 15) is 14.7 Å². The zero-order valence-corrected chi connectivity index (χ0v) is 19.7. The molecule has 0 radical (unpaired) electrons. The number of aromatic amines is 2. The summed E-state index contributed by atoms with van der Waals surface area (Å²) in [6, 6.07) is 7.22. The lowest BCUT2D eigenvalue weighted by Crippen LogP contribution is -2.22. The average molecular weight is 478 g/mol. The first-order valence-electron chi connectivity index (χ1n) is 10.7. The molecule has 34 heavy (non-hydrogen) atoms. The number of amides is 1. The number of carbonyl (C=O) groups excluding carboxylic acids is 1. The molecule has 5 aromatic rings. The van der Waals surface area contributed by atoms with E-state index in [0.717, 1.165) is 16.0 Å². The van der Waals surface area contributed by atoms with Crippen molar-refractivity contribution in [1.29, 1.82) is 0 Å². The Morgan fingerprint density at radius 2 is 2.06 bits per heavy atom. The molecule has 0 fully saturated rings. The molecule has 10 nitrogen and oxygen atoms in total. The van der Waals surface area contributed by atoms with E-state index in [2.05, 4.69) is 30.5 Å². The number of aromatic nitrogens is 6. The summed E-state index contributed by atoms with van der Waals surface area (Å²) in [6.07, 6.45) is 3.92. The van der Waals surface area contributed by atoms with E-state index in [4.69, 9.17) is 0 Å². The second kappa shape index (κ2) is 8.19. The average Bonchev–Trinajstić information content (AvgIpc) is 3.51. The van der Waals surface area contributed by atoms with Gasteiger partial charge in [-0.05, 0) is 51.5 Å². The lowest BCUT2D eigenvalue weighted by Gasteiger charge is -2.18. The Hall–Kier alpha value is -3.83. The summed E-state index contributed by atoms with van der Waals surface area (Å²) < 4.78 is 1.86. The molecule has 0 atom stereocenters. The Morgan fingerprint density at radius 3 is 2.79 bits per heavy atom. The van der Waals surface area contributed by atoms with E-state index >= 15 is 0 Å². The first kappa shape index (κ1) is 22.0. The number of carbonyl (C=O) groups is 1. The van der Waals surface area contributed by atoms with Gasteiger partial charge in [0.05, 0.1) is 38.7 Å². The second-order valence-electron chi connectivity index (χ2n) is 8.76. The number of fused-ring (bicyclic) bond motifs is 2. The first-order chi connectivity index (χ1) is 16.2. The van der Waals surface area contributed by atoms with E-state index in [1.54, 1.807) is 45.3 Å². The summed E-state index contributed by atoms with van der Waals surface area (Å²) in [5.41, 5.74) is 2.65. The summed E-state index contributed by atoms with van der Waals surface area (Å²) in [4.78, 5) is 38.4. The SMILES string of the molecule is Cc1nc2cc3c(cc2[nH]c1=O)nc(NC(=O)c1ccc(-c2cn[nH]c2)s1)n3CCC(C)(C)O. The Labute approximate surface area is 197 Å². The molecular weight excluding hydrogens is 454 g/mol. The van der Waals surface area contributed by atoms with Gasteiger partial charge < -0.3 is 14.7 Å². The molecule has 11 heteroatoms. The van der Waals surface area contributed by atoms with Gasteiger partial charge in [0, 0.05) is 23.2 Å². The van der Waals surface area contributed by atoms with Gasteiger partial charge in [-0.1, -0.05) is 0 Å². The maximum atomic E-state index is 13.1. The molecule has 1 aromatic carbocycles. The molecule has 0 unspecified atom stereocenters. The van der Waals surface area contributed by atoms with E-state index in [-0.39, 0.29) is 11.5 Å². The van der Waals surface area contributed by atoms with Crippen molar-refractivity contribution in [2.45, 2.75) is 39.3 Å². The van der Waals surface area contributed by atoms with Crippen molar-refractivity contribution in [3.8, 4) is 10.4 Å². The third-order valence-electron chi connectivity index (χ3n) is 5.52. The maximum Gasteiger partial charge on any atom is 0.269 e. The van der Waals surface area contributed by atoms with Crippen molar-refractivity contribution in [1.82, 2.24) is 29.7 Å². The van der Waals surface area contributed by atoms with Crippen LogP contribution in [-0.4, -0.2) is 46.3 Å². The van der Waals surface area contributed by atoms with E-state index < -0.39 is 5.60 Å². The fraction of sp³-hybridized carbons (Fsp3) is 0.261. The van der Waals surface area contributed by atoms with Gasteiger partial charge in [-0.15, -0.1) is 11.3 Å². The number of aryl methyl sites for hydroxylation is 2. The molecular formula is C23H23N7O3S. The van der Waals surface area contributed by atoms with Gasteiger partial charge in [-0.3, -0.25) is 20.0 Å². The third kappa shape index (κ3) is 4.22. The number of nitrogens with zero attached hydrogens (tertiary/aromatic N) is 4. The highest BCUT2D eigenvalue weighted by Gasteiger charge is 2.20. The van der Waals surface area contributed by atoms with E-state index in [1.165, 1.54) is 11.3 Å². The van der Waals surface area contributed by atoms with Crippen LogP contribution < -0.4 is 10.9 Å². The minimum atomic E-state index is -0.901. The predicted octanol–water partition coefficient (Wildman–Crippen LogP) is 3.45. The Bertz CT molecular complexity index is 1570. The van der Waals surface area contributed by atoms with Gasteiger partial charge in [-0.25, -0.2) is 9.97 Å². The van der Waals surface area contributed by atoms with Crippen LogP contribution in [0.4, 0.5) is 5.95 Å². The van der Waals surface area contributed by atoms with Crippen LogP contribution in [0.2, 0.25) is 0 Å². The summed E-state index contributed by atoms with van der Waals surface area (Å²) in [7, 11) is 0. The molecule has 0 saturated heterocycles. The Morgan fingerprint density at radius 1 is 1.24 bits per heavy atom. The molecule has 0 aliphatic carbocycles. The van der Waals surface area contributed by atoms with E-state index in [1.807, 2.05) is 16.7 Å². The number of aliphatic hydroxyl groups is 1. The van der Waals surface area contributed by atoms with Crippen molar-refractivity contribution < 1.29 is 9.90 Å². The molecule has 4 heterocycles. The van der Waals surface area contributed by atoms with Crippen LogP contribution in [0.3, 0.4) is 0 Å². The van der Waals surface area contributed by atoms with Crippen molar-refractivity contribution >= 4 is 45.3 Å². The Balaban J connectivity index is 1.55. The van der Waals surface area contributed by atoms with Gasteiger partial charge in [-0.2, -0.15) is 5.10 Å². The highest BCUT2D eigenvalue weighted by atomic mass is 32.1. The highest BCUT2D eigenvalue weighted by molar-refractivity contribution is 7.17. The standard InChI is InChI=1S/C23H23N7O3S/c1-12-20(31)27-14-8-16-17(9-15(14)26-12)30(7-6-23(2,3)33)22(28-16)29-21(32)19-5-4-18(34-19)13-10-24-25-11-13/h4-5,8-11,33H,6-7H2,1-3H3,(H,24,25)(H,27,31)(H,28,29,32). The summed E-state index contributed by atoms with van der Waals surface area (Å²) in [5, 5.41) is 19.9. The number of hydrogen-bond donors (Lipinski definition) is 4. The molecule has 1 amide bonds. The normalized spacial score (nSPS) is 12.0. The van der Waals surface area contributed by atoms with Crippen molar-refractivity contribution in [3.05, 3.63) is 57.6 Å². The van der Waals surface area contributed by atoms with Crippen LogP contribution in [-0.2, 0) is 6.54 Å². The molecule has 0 saturated carbocycles.